The first-order chi connectivity index (χ1) is 4.90. The van der Waals surface area contributed by atoms with Crippen LogP contribution in [-0.2, 0) is 0 Å². The van der Waals surface area contributed by atoms with Gasteiger partial charge in [0, 0.05) is 10.8 Å². The van der Waals surface area contributed by atoms with E-state index in [9.17, 15) is 4.79 Å². The summed E-state index contributed by atoms with van der Waals surface area (Å²) in [6, 6.07) is 0. The minimum absolute atomic E-state index is 0.401. The Labute approximate surface area is 60.7 Å². The highest BCUT2D eigenvalue weighted by atomic mass is 32.1. The van der Waals surface area contributed by atoms with Crippen LogP contribution in [0.2, 0.25) is 0 Å². The van der Waals surface area contributed by atoms with Crippen molar-refractivity contribution in [1.82, 2.24) is 9.97 Å². The normalized spacial score (nSPS) is 10.4. The number of H-pyrrole nitrogens is 1. The van der Waals surface area contributed by atoms with Crippen molar-refractivity contribution in [3.8, 4) is 0 Å². The number of nitrogens with zero attached hydrogens (tertiary/aromatic N) is 1. The highest BCUT2D eigenvalue weighted by molar-refractivity contribution is 7.09. The molecule has 0 aromatic carbocycles. The summed E-state index contributed by atoms with van der Waals surface area (Å²) in [6.45, 7) is 0. The van der Waals surface area contributed by atoms with Gasteiger partial charge in [-0.25, -0.2) is 4.98 Å². The summed E-state index contributed by atoms with van der Waals surface area (Å²) in [7, 11) is 0. The van der Waals surface area contributed by atoms with Crippen LogP contribution in [0.5, 0.6) is 0 Å². The number of aromatic amines is 1. The number of nitrogens with one attached hydrogen (secondary N) is 1. The van der Waals surface area contributed by atoms with Gasteiger partial charge in [-0.3, -0.25) is 4.79 Å². The molecule has 0 aliphatic heterocycles. The van der Waals surface area contributed by atoms with E-state index >= 15 is 0 Å². The van der Waals surface area contributed by atoms with E-state index in [1.54, 1.807) is 11.3 Å². The lowest BCUT2D eigenvalue weighted by Crippen LogP contribution is -1.79. The molecule has 0 atom stereocenters. The van der Waals surface area contributed by atoms with Gasteiger partial charge in [0.05, 0.1) is 11.0 Å². The highest BCUT2D eigenvalue weighted by Gasteiger charge is 1.99. The van der Waals surface area contributed by atoms with Crippen LogP contribution in [-0.4, -0.2) is 16.3 Å². The van der Waals surface area contributed by atoms with Crippen molar-refractivity contribution in [3.05, 3.63) is 16.6 Å². The van der Waals surface area contributed by atoms with Crippen molar-refractivity contribution in [2.75, 3.05) is 0 Å². The fourth-order valence-electron chi connectivity index (χ4n) is 0.822. The van der Waals surface area contributed by atoms with Crippen molar-refractivity contribution in [3.63, 3.8) is 0 Å². The molecule has 3 nitrogen and oxygen atoms in total. The van der Waals surface area contributed by atoms with Gasteiger partial charge in [-0.15, -0.1) is 11.3 Å². The monoisotopic (exact) mass is 152 g/mol. The van der Waals surface area contributed by atoms with Crippen molar-refractivity contribution < 1.29 is 4.79 Å². The van der Waals surface area contributed by atoms with Crippen LogP contribution in [0.25, 0.3) is 11.0 Å². The van der Waals surface area contributed by atoms with Gasteiger partial charge in [-0.2, -0.15) is 0 Å². The van der Waals surface area contributed by atoms with Gasteiger partial charge in [-0.05, 0) is 0 Å². The van der Waals surface area contributed by atoms with E-state index < -0.39 is 0 Å². The lowest BCUT2D eigenvalue weighted by molar-refractivity contribution is 0.111. The zero-order valence-corrected chi connectivity index (χ0v) is 5.81. The number of rotatable bonds is 1. The Morgan fingerprint density at radius 1 is 1.60 bits per heavy atom. The third-order valence-corrected chi connectivity index (χ3v) is 1.99. The number of carbonyl (C=O) groups excluding carboxylic acids is 1. The predicted octanol–water partition coefficient (Wildman–Crippen LogP) is 1.44. The number of fused-ring (bicyclic) bond motifs is 1. The van der Waals surface area contributed by atoms with Crippen molar-refractivity contribution in [2.24, 2.45) is 0 Å². The van der Waals surface area contributed by atoms with Crippen molar-refractivity contribution in [1.29, 1.82) is 0 Å². The van der Waals surface area contributed by atoms with E-state index in [4.69, 9.17) is 0 Å². The van der Waals surface area contributed by atoms with Crippen LogP contribution < -0.4 is 0 Å². The highest BCUT2D eigenvalue weighted by Crippen LogP contribution is 2.14. The lowest BCUT2D eigenvalue weighted by atomic mass is 10.5. The van der Waals surface area contributed by atoms with Gasteiger partial charge in [0.1, 0.15) is 0 Å². The van der Waals surface area contributed by atoms with Gasteiger partial charge in [0.15, 0.2) is 12.1 Å². The molecule has 0 fully saturated rings. The summed E-state index contributed by atoms with van der Waals surface area (Å²) in [6.07, 6.45) is 0.713. The number of hydrogen-bond acceptors (Lipinski definition) is 3. The molecule has 0 radical (unpaired) electrons. The first-order valence-electron chi connectivity index (χ1n) is 2.77. The van der Waals surface area contributed by atoms with Gasteiger partial charge in [0.25, 0.3) is 0 Å². The Balaban J connectivity index is 2.78. The Bertz CT molecular complexity index is 334. The molecule has 0 saturated carbocycles. The fourth-order valence-corrected chi connectivity index (χ4v) is 1.51. The maximum absolute atomic E-state index is 10.2. The molecular formula is C6H4N2OS. The first-order valence-corrected chi connectivity index (χ1v) is 3.71. The second-order valence-electron chi connectivity index (χ2n) is 1.91. The zero-order valence-electron chi connectivity index (χ0n) is 5.00. The molecule has 50 valence electrons. The molecular weight excluding hydrogens is 148 g/mol. The summed E-state index contributed by atoms with van der Waals surface area (Å²) < 4.78 is 0. The molecule has 0 bridgehead atoms. The van der Waals surface area contributed by atoms with E-state index in [0.717, 1.165) is 11.0 Å². The quantitative estimate of drug-likeness (QED) is 0.628. The largest absolute Gasteiger partial charge is 0.335 e. The molecule has 0 spiro atoms. The topological polar surface area (TPSA) is 45.8 Å². The average molecular weight is 152 g/mol. The number of aldehydes is 1. The fraction of sp³-hybridized carbons (Fsp3) is 0. The summed E-state index contributed by atoms with van der Waals surface area (Å²) >= 11 is 1.57. The molecule has 10 heavy (non-hydrogen) atoms. The Kier molecular flexibility index (Phi) is 1.07. The predicted molar refractivity (Wildman–Crippen MR) is 39.4 cm³/mol. The smallest absolute Gasteiger partial charge is 0.185 e. The zero-order chi connectivity index (χ0) is 6.97. The van der Waals surface area contributed by atoms with Crippen LogP contribution in [0, 0.1) is 0 Å². The number of aromatic nitrogens is 2. The average Bonchev–Trinajstić information content (AvgIpc) is 2.42. The van der Waals surface area contributed by atoms with E-state index in [1.807, 2.05) is 10.8 Å². The first kappa shape index (κ1) is 5.61. The lowest BCUT2D eigenvalue weighted by Gasteiger charge is -1.72. The summed E-state index contributed by atoms with van der Waals surface area (Å²) in [4.78, 5) is 17.0. The van der Waals surface area contributed by atoms with E-state index in [1.165, 1.54) is 0 Å². The number of thiophene rings is 1. The molecule has 0 unspecified atom stereocenters. The SMILES string of the molecule is O=Cc1nc2cscc2[nH]1. The molecule has 2 heterocycles. The van der Waals surface area contributed by atoms with E-state index in [-0.39, 0.29) is 0 Å². The third kappa shape index (κ3) is 0.657. The van der Waals surface area contributed by atoms with Crippen LogP contribution in [0.3, 0.4) is 0 Å². The summed E-state index contributed by atoms with van der Waals surface area (Å²) in [5.74, 6) is 0.401. The number of hydrogen-bond donors (Lipinski definition) is 1. The summed E-state index contributed by atoms with van der Waals surface area (Å²) in [5, 5.41) is 3.83. The molecule has 1 N–H and O–H groups in total. The van der Waals surface area contributed by atoms with Crippen molar-refractivity contribution >= 4 is 28.7 Å². The maximum atomic E-state index is 10.2. The second-order valence-corrected chi connectivity index (χ2v) is 2.65. The molecule has 2 aromatic heterocycles. The summed E-state index contributed by atoms with van der Waals surface area (Å²) in [5.41, 5.74) is 1.80. The van der Waals surface area contributed by atoms with Crippen LogP contribution in [0.1, 0.15) is 10.6 Å². The maximum Gasteiger partial charge on any atom is 0.185 e. The Hall–Kier alpha value is -1.16. The molecule has 0 saturated heterocycles. The molecule has 4 heteroatoms. The van der Waals surface area contributed by atoms with E-state index in [2.05, 4.69) is 9.97 Å². The van der Waals surface area contributed by atoms with Gasteiger partial charge in [0.2, 0.25) is 0 Å². The van der Waals surface area contributed by atoms with Crippen molar-refractivity contribution in [2.45, 2.75) is 0 Å². The minimum atomic E-state index is 0.401. The minimum Gasteiger partial charge on any atom is -0.335 e. The molecule has 0 amide bonds. The second kappa shape index (κ2) is 1.91. The molecule has 2 aromatic rings. The van der Waals surface area contributed by atoms with Crippen LogP contribution in [0.4, 0.5) is 0 Å². The van der Waals surface area contributed by atoms with Gasteiger partial charge < -0.3 is 4.98 Å². The van der Waals surface area contributed by atoms with Crippen LogP contribution >= 0.6 is 11.3 Å². The number of carbonyl (C=O) groups is 1. The standard InChI is InChI=1S/C6H4N2OS/c9-1-6-7-4-2-10-3-5(4)8-6/h1-3H,(H,7,8). The number of imidazole rings is 1. The Morgan fingerprint density at radius 2 is 2.50 bits per heavy atom. The van der Waals surface area contributed by atoms with Gasteiger partial charge in [-0.1, -0.05) is 0 Å². The van der Waals surface area contributed by atoms with Gasteiger partial charge >= 0.3 is 0 Å². The van der Waals surface area contributed by atoms with Crippen LogP contribution in [0.15, 0.2) is 10.8 Å². The molecule has 0 aliphatic rings. The third-order valence-electron chi connectivity index (χ3n) is 1.26. The molecule has 2 rings (SSSR count). The molecule has 0 aliphatic carbocycles. The van der Waals surface area contributed by atoms with E-state index in [0.29, 0.717) is 12.1 Å². The Morgan fingerprint density at radius 3 is 3.20 bits per heavy atom.